The summed E-state index contributed by atoms with van der Waals surface area (Å²) >= 11 is 1.10. The molecule has 140 valence electrons. The average molecular weight is 376 g/mol. The number of thiazole rings is 1. The number of carbonyl (C=O) groups is 2. The van der Waals surface area contributed by atoms with Crippen LogP contribution in [0.15, 0.2) is 6.20 Å². The molecule has 2 aromatic heterocycles. The van der Waals surface area contributed by atoms with E-state index in [1.165, 1.54) is 0 Å². The molecule has 1 saturated carbocycles. The Morgan fingerprint density at radius 1 is 1.42 bits per heavy atom. The zero-order valence-corrected chi connectivity index (χ0v) is 16.3. The highest BCUT2D eigenvalue weighted by molar-refractivity contribution is 7.13. The minimum Gasteiger partial charge on any atom is -0.477 e. The summed E-state index contributed by atoms with van der Waals surface area (Å²) in [7, 11) is 0. The Hall–Kier alpha value is -2.22. The van der Waals surface area contributed by atoms with Crippen molar-refractivity contribution in [2.45, 2.75) is 65.0 Å². The molecule has 0 aliphatic heterocycles. The van der Waals surface area contributed by atoms with Gasteiger partial charge in [-0.25, -0.2) is 9.78 Å². The van der Waals surface area contributed by atoms with Gasteiger partial charge in [-0.2, -0.15) is 5.10 Å². The number of nitrogens with zero attached hydrogens (tertiary/aromatic N) is 3. The first-order chi connectivity index (χ1) is 12.3. The number of amides is 1. The Bertz CT molecular complexity index is 838. The highest BCUT2D eigenvalue weighted by Gasteiger charge is 2.33. The van der Waals surface area contributed by atoms with Gasteiger partial charge in [-0.1, -0.05) is 6.92 Å². The van der Waals surface area contributed by atoms with Crippen molar-refractivity contribution in [1.82, 2.24) is 20.1 Å². The van der Waals surface area contributed by atoms with E-state index in [1.54, 1.807) is 13.1 Å². The summed E-state index contributed by atoms with van der Waals surface area (Å²) in [5.74, 6) is -0.766. The molecule has 1 amide bonds. The van der Waals surface area contributed by atoms with Gasteiger partial charge in [0, 0.05) is 12.0 Å². The van der Waals surface area contributed by atoms with E-state index < -0.39 is 5.97 Å². The van der Waals surface area contributed by atoms with Gasteiger partial charge in [0.15, 0.2) is 0 Å². The first-order valence-electron chi connectivity index (χ1n) is 8.92. The minimum absolute atomic E-state index is 0.182. The van der Waals surface area contributed by atoms with Crippen LogP contribution in [0.5, 0.6) is 0 Å². The summed E-state index contributed by atoms with van der Waals surface area (Å²) in [6.45, 7) is 7.70. The lowest BCUT2D eigenvalue weighted by atomic mass is 10.1. The number of carboxylic acid groups (broad SMARTS) is 1. The third kappa shape index (κ3) is 3.51. The van der Waals surface area contributed by atoms with Gasteiger partial charge in [-0.05, 0) is 40.0 Å². The summed E-state index contributed by atoms with van der Waals surface area (Å²) in [5, 5.41) is 17.2. The molecule has 2 unspecified atom stereocenters. The molecule has 2 N–H and O–H groups in total. The normalized spacial score (nSPS) is 16.3. The molecule has 2 heterocycles. The molecule has 0 spiro atoms. The number of rotatable bonds is 7. The Balaban J connectivity index is 1.81. The summed E-state index contributed by atoms with van der Waals surface area (Å²) in [6.07, 6.45) is 4.78. The van der Waals surface area contributed by atoms with E-state index in [0.717, 1.165) is 36.3 Å². The molecular weight excluding hydrogens is 352 g/mol. The minimum atomic E-state index is -0.990. The summed E-state index contributed by atoms with van der Waals surface area (Å²) in [6, 6.07) is -0.109. The lowest BCUT2D eigenvalue weighted by Crippen LogP contribution is -2.27. The molecule has 2 aromatic rings. The molecule has 7 nitrogen and oxygen atoms in total. The molecule has 3 rings (SSSR count). The first kappa shape index (κ1) is 18.6. The fourth-order valence-corrected chi connectivity index (χ4v) is 3.88. The van der Waals surface area contributed by atoms with Crippen LogP contribution in [0, 0.1) is 6.92 Å². The molecule has 1 fully saturated rings. The van der Waals surface area contributed by atoms with Crippen molar-refractivity contribution in [2.75, 3.05) is 0 Å². The summed E-state index contributed by atoms with van der Waals surface area (Å²) in [5.41, 5.74) is 2.11. The van der Waals surface area contributed by atoms with Crippen molar-refractivity contribution in [3.05, 3.63) is 33.0 Å². The van der Waals surface area contributed by atoms with E-state index >= 15 is 0 Å². The third-order valence-corrected chi connectivity index (χ3v) is 6.10. The molecule has 2 atom stereocenters. The highest BCUT2D eigenvalue weighted by Crippen LogP contribution is 2.42. The largest absolute Gasteiger partial charge is 0.477 e. The predicted molar refractivity (Wildman–Crippen MR) is 98.9 cm³/mol. The van der Waals surface area contributed by atoms with Crippen molar-refractivity contribution in [1.29, 1.82) is 0 Å². The maximum atomic E-state index is 12.8. The van der Waals surface area contributed by atoms with Gasteiger partial charge in [-0.15, -0.1) is 11.3 Å². The molecule has 0 bridgehead atoms. The molecule has 26 heavy (non-hydrogen) atoms. The van der Waals surface area contributed by atoms with Crippen LogP contribution in [-0.4, -0.2) is 31.7 Å². The lowest BCUT2D eigenvalue weighted by molar-refractivity contribution is 0.0701. The van der Waals surface area contributed by atoms with Crippen LogP contribution < -0.4 is 5.32 Å². The van der Waals surface area contributed by atoms with Crippen LogP contribution in [0.25, 0.3) is 0 Å². The van der Waals surface area contributed by atoms with E-state index in [2.05, 4.69) is 29.2 Å². The number of hydrogen-bond donors (Lipinski definition) is 2. The molecule has 1 aliphatic rings. The molecule has 0 radical (unpaired) electrons. The second-order valence-corrected chi connectivity index (χ2v) is 7.92. The van der Waals surface area contributed by atoms with E-state index in [4.69, 9.17) is 0 Å². The molecule has 0 aromatic carbocycles. The van der Waals surface area contributed by atoms with Crippen LogP contribution in [-0.2, 0) is 0 Å². The van der Waals surface area contributed by atoms with Gasteiger partial charge in [0.1, 0.15) is 9.88 Å². The Labute approximate surface area is 156 Å². The van der Waals surface area contributed by atoms with Crippen LogP contribution in [0.1, 0.15) is 94.5 Å². The molecule has 8 heteroatoms. The van der Waals surface area contributed by atoms with E-state index in [-0.39, 0.29) is 22.9 Å². The number of aromatic carboxylic acids is 1. The van der Waals surface area contributed by atoms with Crippen molar-refractivity contribution in [2.24, 2.45) is 0 Å². The Kier molecular flexibility index (Phi) is 5.13. The van der Waals surface area contributed by atoms with Gasteiger partial charge < -0.3 is 10.4 Å². The fraction of sp³-hybridized carbons (Fsp3) is 0.556. The maximum absolute atomic E-state index is 12.8. The van der Waals surface area contributed by atoms with Crippen molar-refractivity contribution in [3.63, 3.8) is 0 Å². The highest BCUT2D eigenvalue weighted by atomic mass is 32.1. The number of aromatic nitrogens is 3. The monoisotopic (exact) mass is 376 g/mol. The second-order valence-electron chi connectivity index (χ2n) is 6.89. The fourth-order valence-electron chi connectivity index (χ4n) is 2.97. The zero-order chi connectivity index (χ0) is 19.0. The van der Waals surface area contributed by atoms with Crippen molar-refractivity contribution in [3.8, 4) is 0 Å². The van der Waals surface area contributed by atoms with Crippen LogP contribution >= 0.6 is 11.3 Å². The SMILES string of the molecule is CCC(C)n1ncc(C(=O)NC(C)c2nc(C)c(C(=O)O)s2)c1C1CC1. The van der Waals surface area contributed by atoms with Gasteiger partial charge in [0.2, 0.25) is 0 Å². The summed E-state index contributed by atoms with van der Waals surface area (Å²) < 4.78 is 1.98. The van der Waals surface area contributed by atoms with Crippen molar-refractivity contribution < 1.29 is 14.7 Å². The molecular formula is C18H24N4O3S. The number of aryl methyl sites for hydroxylation is 1. The van der Waals surface area contributed by atoms with Crippen molar-refractivity contribution >= 4 is 23.2 Å². The number of carbonyl (C=O) groups excluding carboxylic acids is 1. The van der Waals surface area contributed by atoms with E-state index in [1.807, 2.05) is 11.6 Å². The first-order valence-corrected chi connectivity index (χ1v) is 9.74. The molecule has 0 saturated heterocycles. The lowest BCUT2D eigenvalue weighted by Gasteiger charge is -2.15. The van der Waals surface area contributed by atoms with Gasteiger partial charge >= 0.3 is 5.97 Å². The maximum Gasteiger partial charge on any atom is 0.347 e. The quantitative estimate of drug-likeness (QED) is 0.768. The van der Waals surface area contributed by atoms with Crippen LogP contribution in [0.3, 0.4) is 0 Å². The van der Waals surface area contributed by atoms with Gasteiger partial charge in [0.05, 0.1) is 29.2 Å². The zero-order valence-electron chi connectivity index (χ0n) is 15.4. The molecule has 1 aliphatic carbocycles. The van der Waals surface area contributed by atoms with E-state index in [0.29, 0.717) is 22.2 Å². The van der Waals surface area contributed by atoms with Crippen LogP contribution in [0.4, 0.5) is 0 Å². The average Bonchev–Trinajstić information content (AvgIpc) is 3.20. The second kappa shape index (κ2) is 7.19. The number of hydrogen-bond acceptors (Lipinski definition) is 5. The van der Waals surface area contributed by atoms with Gasteiger partial charge in [-0.3, -0.25) is 9.48 Å². The topological polar surface area (TPSA) is 97.1 Å². The smallest absolute Gasteiger partial charge is 0.347 e. The third-order valence-electron chi connectivity index (χ3n) is 4.78. The summed E-state index contributed by atoms with van der Waals surface area (Å²) in [4.78, 5) is 28.5. The van der Waals surface area contributed by atoms with Crippen LogP contribution in [0.2, 0.25) is 0 Å². The van der Waals surface area contributed by atoms with Gasteiger partial charge in [0.25, 0.3) is 5.91 Å². The van der Waals surface area contributed by atoms with E-state index in [9.17, 15) is 14.7 Å². The standard InChI is InChI=1S/C18H24N4O3S/c1-5-9(2)22-14(12-6-7-12)13(8-19-22)16(23)20-11(4)17-21-10(3)15(26-17)18(24)25/h8-9,11-12H,5-7H2,1-4H3,(H,20,23)(H,24,25). The Morgan fingerprint density at radius 3 is 2.65 bits per heavy atom. The predicted octanol–water partition coefficient (Wildman–Crippen LogP) is 3.69. The number of carboxylic acids is 1. The number of nitrogens with one attached hydrogen (secondary N) is 1. The Morgan fingerprint density at radius 2 is 2.12 bits per heavy atom.